The van der Waals surface area contributed by atoms with Crippen LogP contribution in [0.2, 0.25) is 0 Å². The van der Waals surface area contributed by atoms with Gasteiger partial charge in [-0.25, -0.2) is 13.1 Å². The van der Waals surface area contributed by atoms with E-state index >= 15 is 0 Å². The van der Waals surface area contributed by atoms with E-state index in [-0.39, 0.29) is 12.1 Å². The van der Waals surface area contributed by atoms with Gasteiger partial charge in [-0.05, 0) is 12.1 Å². The molecule has 0 fully saturated rings. The number of nitrogens with zero attached hydrogens (tertiary/aromatic N) is 1. The lowest BCUT2D eigenvalue weighted by Crippen LogP contribution is -2.38. The van der Waals surface area contributed by atoms with Gasteiger partial charge in [-0.1, -0.05) is 78.0 Å². The second kappa shape index (κ2) is 8.36. The van der Waals surface area contributed by atoms with E-state index in [1.165, 1.54) is 0 Å². The van der Waals surface area contributed by atoms with Crippen LogP contribution in [0.4, 0.5) is 13.2 Å². The molecule has 1 N–H and O–H groups in total. The molecule has 1 aliphatic heterocycles. The van der Waals surface area contributed by atoms with Crippen molar-refractivity contribution < 1.29 is 31.2 Å². The summed E-state index contributed by atoms with van der Waals surface area (Å²) in [7, 11) is -4.83. The molecule has 3 aromatic rings. The number of amides is 1. The molecule has 1 heterocycles. The summed E-state index contributed by atoms with van der Waals surface area (Å²) in [6.07, 6.45) is -5.04. The zero-order valence-corrected chi connectivity index (χ0v) is 17.7. The van der Waals surface area contributed by atoms with Crippen LogP contribution < -0.4 is 4.72 Å². The average Bonchev–Trinajstić information content (AvgIpc) is 3.27. The lowest BCUT2D eigenvalue weighted by atomic mass is 9.82. The number of benzene rings is 3. The van der Waals surface area contributed by atoms with Crippen molar-refractivity contribution in [2.75, 3.05) is 0 Å². The Morgan fingerprint density at radius 3 is 1.94 bits per heavy atom. The molecule has 170 valence electrons. The standard InChI is InChI=1S/C23H17F3N2O4S/c24-23(25,26)18-13-7-8-14-20(18)33(30,31)28-21(29)19-15-22(32-27-19,16-9-3-1-4-10-16)17-11-5-2-6-12-17/h1-14H,15H2,(H,28,29). The largest absolute Gasteiger partial charge is 0.417 e. The molecular weight excluding hydrogens is 457 g/mol. The van der Waals surface area contributed by atoms with Gasteiger partial charge in [0.05, 0.1) is 16.9 Å². The Kier molecular flexibility index (Phi) is 5.71. The highest BCUT2D eigenvalue weighted by Crippen LogP contribution is 2.41. The van der Waals surface area contributed by atoms with Crippen LogP contribution in [0.3, 0.4) is 0 Å². The summed E-state index contributed by atoms with van der Waals surface area (Å²) in [6.45, 7) is 0. The highest BCUT2D eigenvalue weighted by Gasteiger charge is 2.45. The third kappa shape index (κ3) is 4.34. The molecule has 3 aromatic carbocycles. The van der Waals surface area contributed by atoms with Gasteiger partial charge in [0.25, 0.3) is 15.9 Å². The Morgan fingerprint density at radius 1 is 0.879 bits per heavy atom. The first-order valence-electron chi connectivity index (χ1n) is 9.73. The number of sulfonamides is 1. The van der Waals surface area contributed by atoms with E-state index in [2.05, 4.69) is 5.16 Å². The van der Waals surface area contributed by atoms with Crippen molar-refractivity contribution in [3.05, 3.63) is 102 Å². The maximum atomic E-state index is 13.3. The molecule has 33 heavy (non-hydrogen) atoms. The minimum absolute atomic E-state index is 0.122. The number of hydrogen-bond acceptors (Lipinski definition) is 5. The number of hydrogen-bond donors (Lipinski definition) is 1. The molecule has 0 bridgehead atoms. The van der Waals surface area contributed by atoms with E-state index in [1.807, 2.05) is 0 Å². The van der Waals surface area contributed by atoms with Crippen LogP contribution in [-0.2, 0) is 31.4 Å². The number of oxime groups is 1. The molecule has 0 atom stereocenters. The van der Waals surface area contributed by atoms with Crippen LogP contribution in [0.25, 0.3) is 0 Å². The molecule has 0 saturated carbocycles. The number of alkyl halides is 3. The summed E-state index contributed by atoms with van der Waals surface area (Å²) in [5.74, 6) is -1.17. The molecule has 0 saturated heterocycles. The lowest BCUT2D eigenvalue weighted by Gasteiger charge is -2.27. The van der Waals surface area contributed by atoms with E-state index < -0.39 is 38.2 Å². The third-order valence-corrected chi connectivity index (χ3v) is 6.57. The van der Waals surface area contributed by atoms with Gasteiger partial charge in [0, 0.05) is 11.1 Å². The summed E-state index contributed by atoms with van der Waals surface area (Å²) in [6, 6.07) is 21.4. The highest BCUT2D eigenvalue weighted by atomic mass is 32.2. The van der Waals surface area contributed by atoms with Gasteiger partial charge >= 0.3 is 6.18 Å². The monoisotopic (exact) mass is 474 g/mol. The summed E-state index contributed by atoms with van der Waals surface area (Å²) in [5.41, 5.74) is -1.49. The van der Waals surface area contributed by atoms with Gasteiger partial charge < -0.3 is 4.84 Å². The molecule has 0 spiro atoms. The Bertz CT molecular complexity index is 1270. The van der Waals surface area contributed by atoms with Crippen LogP contribution in [0.5, 0.6) is 0 Å². The van der Waals surface area contributed by atoms with Crippen LogP contribution in [-0.4, -0.2) is 20.0 Å². The predicted octanol–water partition coefficient (Wildman–Crippen LogP) is 4.23. The van der Waals surface area contributed by atoms with Crippen molar-refractivity contribution in [3.8, 4) is 0 Å². The Morgan fingerprint density at radius 2 is 1.39 bits per heavy atom. The SMILES string of the molecule is O=C(NS(=O)(=O)c1ccccc1C(F)(F)F)C1=NOC(c2ccccc2)(c2ccccc2)C1. The van der Waals surface area contributed by atoms with Crippen LogP contribution >= 0.6 is 0 Å². The van der Waals surface area contributed by atoms with Gasteiger partial charge in [0.15, 0.2) is 11.3 Å². The molecule has 1 aliphatic rings. The highest BCUT2D eigenvalue weighted by molar-refractivity contribution is 7.90. The number of carbonyl (C=O) groups is 1. The molecule has 0 unspecified atom stereocenters. The maximum absolute atomic E-state index is 13.3. The smallest absolute Gasteiger partial charge is 0.379 e. The second-order valence-corrected chi connectivity index (χ2v) is 8.94. The minimum Gasteiger partial charge on any atom is -0.379 e. The average molecular weight is 474 g/mol. The normalized spacial score (nSPS) is 15.4. The van der Waals surface area contributed by atoms with Crippen molar-refractivity contribution in [1.82, 2.24) is 4.72 Å². The van der Waals surface area contributed by atoms with Crippen molar-refractivity contribution in [2.45, 2.75) is 23.1 Å². The van der Waals surface area contributed by atoms with Gasteiger partial charge in [-0.3, -0.25) is 4.79 Å². The molecule has 0 aromatic heterocycles. The fraction of sp³-hybridized carbons (Fsp3) is 0.130. The predicted molar refractivity (Wildman–Crippen MR) is 114 cm³/mol. The summed E-state index contributed by atoms with van der Waals surface area (Å²) in [5, 5.41) is 3.81. The van der Waals surface area contributed by atoms with Crippen molar-refractivity contribution in [2.24, 2.45) is 5.16 Å². The molecular formula is C23H17F3N2O4S. The van der Waals surface area contributed by atoms with Gasteiger partial charge in [-0.15, -0.1) is 0 Å². The lowest BCUT2D eigenvalue weighted by molar-refractivity contribution is -0.140. The Balaban J connectivity index is 1.64. The van der Waals surface area contributed by atoms with Crippen LogP contribution in [0.1, 0.15) is 23.1 Å². The third-order valence-electron chi connectivity index (χ3n) is 5.18. The number of carbonyl (C=O) groups excluding carboxylic acids is 1. The quantitative estimate of drug-likeness (QED) is 0.600. The summed E-state index contributed by atoms with van der Waals surface area (Å²) >= 11 is 0. The minimum atomic E-state index is -4.92. The van der Waals surface area contributed by atoms with E-state index in [1.54, 1.807) is 65.4 Å². The first-order chi connectivity index (χ1) is 15.6. The van der Waals surface area contributed by atoms with E-state index in [4.69, 9.17) is 4.84 Å². The topological polar surface area (TPSA) is 84.8 Å². The number of nitrogens with one attached hydrogen (secondary N) is 1. The first kappa shape index (κ1) is 22.5. The van der Waals surface area contributed by atoms with Crippen LogP contribution in [0.15, 0.2) is 95.0 Å². The van der Waals surface area contributed by atoms with Gasteiger partial charge in [-0.2, -0.15) is 13.2 Å². The summed E-state index contributed by atoms with van der Waals surface area (Å²) < 4.78 is 66.8. The zero-order valence-electron chi connectivity index (χ0n) is 16.9. The summed E-state index contributed by atoms with van der Waals surface area (Å²) in [4.78, 5) is 17.4. The van der Waals surface area contributed by atoms with E-state index in [0.29, 0.717) is 17.2 Å². The van der Waals surface area contributed by atoms with E-state index in [9.17, 15) is 26.4 Å². The number of halogens is 3. The second-order valence-electron chi connectivity index (χ2n) is 7.29. The fourth-order valence-corrected chi connectivity index (χ4v) is 4.82. The Labute approximate surface area is 187 Å². The molecule has 6 nitrogen and oxygen atoms in total. The molecule has 1 amide bonds. The van der Waals surface area contributed by atoms with Crippen LogP contribution in [0, 0.1) is 0 Å². The van der Waals surface area contributed by atoms with Crippen molar-refractivity contribution >= 4 is 21.6 Å². The molecule has 0 aliphatic carbocycles. The number of rotatable bonds is 5. The molecule has 10 heteroatoms. The fourth-order valence-electron chi connectivity index (χ4n) is 3.62. The van der Waals surface area contributed by atoms with Gasteiger partial charge in [0.1, 0.15) is 0 Å². The Hall–Kier alpha value is -3.66. The molecule has 0 radical (unpaired) electrons. The van der Waals surface area contributed by atoms with Gasteiger partial charge in [0.2, 0.25) is 0 Å². The van der Waals surface area contributed by atoms with Crippen molar-refractivity contribution in [3.63, 3.8) is 0 Å². The molecule has 4 rings (SSSR count). The zero-order chi connectivity index (χ0) is 23.7. The van der Waals surface area contributed by atoms with E-state index in [0.717, 1.165) is 18.2 Å². The first-order valence-corrected chi connectivity index (χ1v) is 11.2. The van der Waals surface area contributed by atoms with Crippen molar-refractivity contribution in [1.29, 1.82) is 0 Å². The maximum Gasteiger partial charge on any atom is 0.417 e.